The molecule has 2 aromatic heterocycles. The summed E-state index contributed by atoms with van der Waals surface area (Å²) in [5, 5.41) is 32.1. The van der Waals surface area contributed by atoms with E-state index in [0.29, 0.717) is 12.4 Å². The van der Waals surface area contributed by atoms with Gasteiger partial charge in [0.05, 0.1) is 12.2 Å². The number of halogens is 1. The number of aromatic carboxylic acids is 1. The van der Waals surface area contributed by atoms with Crippen molar-refractivity contribution >= 4 is 23.3 Å². The van der Waals surface area contributed by atoms with Gasteiger partial charge < -0.3 is 25.6 Å². The number of benzene rings is 1. The lowest BCUT2D eigenvalue weighted by Gasteiger charge is -2.25. The number of nitriles is 1. The molecule has 0 bridgehead atoms. The van der Waals surface area contributed by atoms with E-state index in [0.717, 1.165) is 6.07 Å². The average molecular weight is 428 g/mol. The molecule has 0 fully saturated rings. The average Bonchev–Trinajstić information content (AvgIpc) is 3.08. The number of aliphatic hydroxyl groups excluding tert-OH is 1. The lowest BCUT2D eigenvalue weighted by Crippen LogP contribution is -2.25. The van der Waals surface area contributed by atoms with Crippen LogP contribution in [0, 0.1) is 17.1 Å². The second kappa shape index (κ2) is 8.85. The maximum atomic E-state index is 14.3. The number of hydrogen-bond acceptors (Lipinski definition) is 8. The number of nitrogen functional groups attached to an aromatic ring is 1. The van der Waals surface area contributed by atoms with Crippen molar-refractivity contribution in [2.24, 2.45) is 0 Å². The number of anilines is 2. The van der Waals surface area contributed by atoms with Crippen LogP contribution in [-0.2, 0) is 6.54 Å². The molecule has 1 atom stereocenters. The van der Waals surface area contributed by atoms with Crippen LogP contribution >= 0.6 is 0 Å². The maximum absolute atomic E-state index is 14.3. The minimum Gasteiger partial charge on any atom is -0.488 e. The molecule has 0 aliphatic heterocycles. The topological polar surface area (TPSA) is 150 Å². The Morgan fingerprint density at radius 1 is 1.45 bits per heavy atom. The summed E-state index contributed by atoms with van der Waals surface area (Å²) in [5.74, 6) is -1.47. The number of aliphatic hydroxyl groups is 1. The van der Waals surface area contributed by atoms with E-state index in [4.69, 9.17) is 10.5 Å². The van der Waals surface area contributed by atoms with Crippen molar-refractivity contribution in [3.63, 3.8) is 0 Å². The lowest BCUT2D eigenvalue weighted by molar-refractivity contribution is 0.0700. The van der Waals surface area contributed by atoms with Crippen LogP contribution in [0.15, 0.2) is 24.4 Å². The van der Waals surface area contributed by atoms with Gasteiger partial charge in [0.1, 0.15) is 35.1 Å². The first-order valence-corrected chi connectivity index (χ1v) is 9.42. The molecular formula is C20H21FN6O4. The normalized spacial score (nSPS) is 11.8. The molecule has 0 saturated heterocycles. The van der Waals surface area contributed by atoms with Gasteiger partial charge in [0.15, 0.2) is 11.5 Å². The molecule has 10 nitrogen and oxygen atoms in total. The van der Waals surface area contributed by atoms with Crippen LogP contribution < -0.4 is 15.4 Å². The highest BCUT2D eigenvalue weighted by Gasteiger charge is 2.22. The summed E-state index contributed by atoms with van der Waals surface area (Å²) in [5.41, 5.74) is 5.64. The quantitative estimate of drug-likeness (QED) is 0.488. The summed E-state index contributed by atoms with van der Waals surface area (Å²) < 4.78 is 21.2. The van der Waals surface area contributed by atoms with Gasteiger partial charge in [-0.05, 0) is 32.0 Å². The van der Waals surface area contributed by atoms with E-state index >= 15 is 0 Å². The number of carbonyl (C=O) groups is 1. The van der Waals surface area contributed by atoms with Crippen LogP contribution in [0.4, 0.5) is 16.0 Å². The van der Waals surface area contributed by atoms with Crippen molar-refractivity contribution < 1.29 is 24.1 Å². The summed E-state index contributed by atoms with van der Waals surface area (Å²) in [6.45, 7) is 3.68. The molecular weight excluding hydrogens is 407 g/mol. The highest BCUT2D eigenvalue weighted by molar-refractivity contribution is 5.99. The summed E-state index contributed by atoms with van der Waals surface area (Å²) >= 11 is 0. The maximum Gasteiger partial charge on any atom is 0.343 e. The van der Waals surface area contributed by atoms with Gasteiger partial charge in [-0.15, -0.1) is 5.10 Å². The Morgan fingerprint density at radius 2 is 2.19 bits per heavy atom. The molecule has 2 heterocycles. The zero-order valence-electron chi connectivity index (χ0n) is 16.9. The Hall–Kier alpha value is -3.91. The molecule has 11 heteroatoms. The number of fused-ring (bicyclic) bond motifs is 1. The number of nitrogens with two attached hydrogens (primary N) is 1. The Morgan fingerprint density at radius 3 is 2.81 bits per heavy atom. The van der Waals surface area contributed by atoms with E-state index in [1.54, 1.807) is 17.9 Å². The Bertz CT molecular complexity index is 1170. The largest absolute Gasteiger partial charge is 0.488 e. The van der Waals surface area contributed by atoms with Gasteiger partial charge in [-0.1, -0.05) is 0 Å². The third kappa shape index (κ3) is 4.19. The SMILES string of the molecule is CCN(Cc1c(OC(C)CO)ccc(F)c1C#N)c1ccn2nc(N)c(C(=O)O)c2n1. The van der Waals surface area contributed by atoms with Crippen molar-refractivity contribution in [3.8, 4) is 11.8 Å². The molecule has 3 aromatic rings. The smallest absolute Gasteiger partial charge is 0.343 e. The third-order valence-corrected chi connectivity index (χ3v) is 4.68. The standard InChI is InChI=1S/C20H21FN6O4/c1-3-26(16-6-7-27-19(24-16)17(20(29)30)18(23)25-27)9-13-12(8-22)14(21)4-5-15(13)31-11(2)10-28/h4-7,11,28H,3,9-10H2,1-2H3,(H2,23,25)(H,29,30). The Labute approximate surface area is 176 Å². The first-order valence-electron chi connectivity index (χ1n) is 9.42. The number of hydrogen-bond donors (Lipinski definition) is 3. The fourth-order valence-electron chi connectivity index (χ4n) is 3.11. The fourth-order valence-corrected chi connectivity index (χ4v) is 3.11. The van der Waals surface area contributed by atoms with Gasteiger partial charge in [-0.3, -0.25) is 0 Å². The molecule has 0 radical (unpaired) electrons. The van der Waals surface area contributed by atoms with E-state index in [2.05, 4.69) is 10.1 Å². The number of carboxylic acids is 1. The second-order valence-electron chi connectivity index (χ2n) is 6.76. The van der Waals surface area contributed by atoms with Gasteiger partial charge in [0, 0.05) is 24.8 Å². The molecule has 0 saturated carbocycles. The summed E-state index contributed by atoms with van der Waals surface area (Å²) in [6, 6.07) is 6.01. The van der Waals surface area contributed by atoms with Gasteiger partial charge in [0.25, 0.3) is 0 Å². The minimum absolute atomic E-state index is 0.0554. The minimum atomic E-state index is -1.26. The van der Waals surface area contributed by atoms with Crippen molar-refractivity contribution in [3.05, 3.63) is 46.9 Å². The molecule has 1 unspecified atom stereocenters. The molecule has 0 aliphatic rings. The summed E-state index contributed by atoms with van der Waals surface area (Å²) in [7, 11) is 0. The van der Waals surface area contributed by atoms with Crippen molar-refractivity contribution in [1.82, 2.24) is 14.6 Å². The Kier molecular flexibility index (Phi) is 6.22. The van der Waals surface area contributed by atoms with E-state index in [1.165, 1.54) is 16.8 Å². The number of nitrogens with zero attached hydrogens (tertiary/aromatic N) is 5. The third-order valence-electron chi connectivity index (χ3n) is 4.68. The van der Waals surface area contributed by atoms with Crippen LogP contribution in [-0.4, -0.2) is 50.0 Å². The van der Waals surface area contributed by atoms with Gasteiger partial charge in [-0.2, -0.15) is 5.26 Å². The number of carboxylic acid groups (broad SMARTS) is 1. The predicted molar refractivity (Wildman–Crippen MR) is 109 cm³/mol. The highest BCUT2D eigenvalue weighted by atomic mass is 19.1. The molecule has 3 rings (SSSR count). The number of rotatable bonds is 8. The zero-order chi connectivity index (χ0) is 22.7. The van der Waals surface area contributed by atoms with Gasteiger partial charge in [-0.25, -0.2) is 18.7 Å². The number of ether oxygens (including phenoxy) is 1. The van der Waals surface area contributed by atoms with Crippen LogP contribution in [0.1, 0.15) is 35.3 Å². The molecule has 1 aromatic carbocycles. The van der Waals surface area contributed by atoms with Crippen molar-refractivity contribution in [2.45, 2.75) is 26.5 Å². The monoisotopic (exact) mass is 428 g/mol. The molecule has 0 spiro atoms. The van der Waals surface area contributed by atoms with Crippen molar-refractivity contribution in [2.75, 3.05) is 23.8 Å². The van der Waals surface area contributed by atoms with Crippen LogP contribution in [0.25, 0.3) is 5.65 Å². The first kappa shape index (κ1) is 21.8. The van der Waals surface area contributed by atoms with Crippen LogP contribution in [0.2, 0.25) is 0 Å². The van der Waals surface area contributed by atoms with E-state index in [9.17, 15) is 24.7 Å². The molecule has 162 valence electrons. The van der Waals surface area contributed by atoms with E-state index in [-0.39, 0.29) is 47.1 Å². The highest BCUT2D eigenvalue weighted by Crippen LogP contribution is 2.29. The Balaban J connectivity index is 2.07. The van der Waals surface area contributed by atoms with Crippen LogP contribution in [0.3, 0.4) is 0 Å². The summed E-state index contributed by atoms with van der Waals surface area (Å²) in [4.78, 5) is 17.6. The van der Waals surface area contributed by atoms with Gasteiger partial charge in [0.2, 0.25) is 0 Å². The van der Waals surface area contributed by atoms with E-state index < -0.39 is 17.9 Å². The predicted octanol–water partition coefficient (Wildman–Crippen LogP) is 1.81. The molecule has 31 heavy (non-hydrogen) atoms. The molecule has 0 aliphatic carbocycles. The summed E-state index contributed by atoms with van der Waals surface area (Å²) in [6.07, 6.45) is 0.957. The lowest BCUT2D eigenvalue weighted by atomic mass is 10.1. The van der Waals surface area contributed by atoms with Crippen LogP contribution in [0.5, 0.6) is 5.75 Å². The van der Waals surface area contributed by atoms with E-state index in [1.807, 2.05) is 13.0 Å². The molecule has 4 N–H and O–H groups in total. The number of aromatic nitrogens is 3. The first-order chi connectivity index (χ1) is 14.8. The second-order valence-corrected chi connectivity index (χ2v) is 6.76. The molecule has 0 amide bonds. The van der Waals surface area contributed by atoms with Crippen molar-refractivity contribution in [1.29, 1.82) is 5.26 Å². The fraction of sp³-hybridized carbons (Fsp3) is 0.300. The zero-order valence-corrected chi connectivity index (χ0v) is 16.9. The van der Waals surface area contributed by atoms with Gasteiger partial charge >= 0.3 is 5.97 Å².